The SMILES string of the molecule is CC1(C(=O)O)C=CC=C(O)C1O. The number of carboxylic acid groups (broad SMARTS) is 1. The summed E-state index contributed by atoms with van der Waals surface area (Å²) in [6.07, 6.45) is 2.67. The van der Waals surface area contributed by atoms with Gasteiger partial charge < -0.3 is 15.3 Å². The van der Waals surface area contributed by atoms with Crippen LogP contribution in [0.3, 0.4) is 0 Å². The van der Waals surface area contributed by atoms with E-state index in [-0.39, 0.29) is 5.76 Å². The number of hydrogen-bond acceptors (Lipinski definition) is 3. The minimum absolute atomic E-state index is 0.317. The molecule has 0 aliphatic heterocycles. The highest BCUT2D eigenvalue weighted by atomic mass is 16.4. The molecule has 1 rings (SSSR count). The third-order valence-electron chi connectivity index (χ3n) is 2.02. The molecule has 12 heavy (non-hydrogen) atoms. The van der Waals surface area contributed by atoms with E-state index in [9.17, 15) is 9.90 Å². The summed E-state index contributed by atoms with van der Waals surface area (Å²) in [7, 11) is 0. The van der Waals surface area contributed by atoms with Gasteiger partial charge in [0.2, 0.25) is 0 Å². The summed E-state index contributed by atoms with van der Waals surface area (Å²) in [5, 5.41) is 27.1. The van der Waals surface area contributed by atoms with Crippen LogP contribution in [0.15, 0.2) is 24.0 Å². The van der Waals surface area contributed by atoms with Crippen LogP contribution in [0.2, 0.25) is 0 Å². The maximum absolute atomic E-state index is 10.7. The molecule has 3 N–H and O–H groups in total. The minimum atomic E-state index is -1.42. The number of carboxylic acids is 1. The van der Waals surface area contributed by atoms with Gasteiger partial charge in [-0.1, -0.05) is 12.2 Å². The van der Waals surface area contributed by atoms with Gasteiger partial charge in [-0.3, -0.25) is 4.79 Å². The molecule has 66 valence electrons. The summed E-state index contributed by atoms with van der Waals surface area (Å²) in [6.45, 7) is 1.35. The largest absolute Gasteiger partial charge is 0.510 e. The first-order valence-electron chi connectivity index (χ1n) is 3.48. The van der Waals surface area contributed by atoms with E-state index >= 15 is 0 Å². The molecule has 4 heteroatoms. The smallest absolute Gasteiger partial charge is 0.316 e. The molecule has 0 aromatic rings. The molecule has 2 unspecified atom stereocenters. The standard InChI is InChI=1S/C8H10O4/c1-8(7(11)12)4-2-3-5(9)6(8)10/h2-4,6,9-10H,1H3,(H,11,12). The monoisotopic (exact) mass is 170 g/mol. The molecule has 0 aromatic heterocycles. The molecular weight excluding hydrogens is 160 g/mol. The van der Waals surface area contributed by atoms with E-state index in [2.05, 4.69) is 0 Å². The van der Waals surface area contributed by atoms with Gasteiger partial charge in [0.15, 0.2) is 0 Å². The van der Waals surface area contributed by atoms with Crippen LogP contribution >= 0.6 is 0 Å². The summed E-state index contributed by atoms with van der Waals surface area (Å²) in [6, 6.07) is 0. The van der Waals surface area contributed by atoms with Crippen molar-refractivity contribution in [1.82, 2.24) is 0 Å². The molecule has 0 radical (unpaired) electrons. The van der Waals surface area contributed by atoms with Crippen molar-refractivity contribution in [1.29, 1.82) is 0 Å². The molecule has 0 bridgehead atoms. The van der Waals surface area contributed by atoms with E-state index < -0.39 is 17.5 Å². The Balaban J connectivity index is 3.03. The van der Waals surface area contributed by atoms with Gasteiger partial charge in [-0.05, 0) is 13.0 Å². The zero-order valence-corrected chi connectivity index (χ0v) is 6.56. The summed E-state index contributed by atoms with van der Waals surface area (Å²) in [4.78, 5) is 10.7. The molecule has 0 saturated carbocycles. The lowest BCUT2D eigenvalue weighted by Crippen LogP contribution is -2.40. The Hall–Kier alpha value is -1.29. The van der Waals surface area contributed by atoms with E-state index in [0.717, 1.165) is 0 Å². The average molecular weight is 170 g/mol. The molecule has 1 aliphatic rings. The number of rotatable bonds is 1. The topological polar surface area (TPSA) is 77.8 Å². The molecule has 0 spiro atoms. The first-order valence-corrected chi connectivity index (χ1v) is 3.48. The highest BCUT2D eigenvalue weighted by molar-refractivity contribution is 5.78. The predicted octanol–water partition coefficient (Wildman–Crippen LogP) is 0.450. The summed E-state index contributed by atoms with van der Waals surface area (Å²) in [5.74, 6) is -1.48. The molecule has 2 atom stereocenters. The van der Waals surface area contributed by atoms with Gasteiger partial charge in [0.05, 0.1) is 0 Å². The van der Waals surface area contributed by atoms with E-state index in [0.29, 0.717) is 0 Å². The van der Waals surface area contributed by atoms with Crippen LogP contribution in [0.4, 0.5) is 0 Å². The number of aliphatic hydroxyl groups excluding tert-OH is 2. The fourth-order valence-corrected chi connectivity index (χ4v) is 1.02. The van der Waals surface area contributed by atoms with Crippen LogP contribution in [0.1, 0.15) is 6.92 Å². The minimum Gasteiger partial charge on any atom is -0.510 e. The fourth-order valence-electron chi connectivity index (χ4n) is 1.02. The van der Waals surface area contributed by atoms with Crippen molar-refractivity contribution in [2.45, 2.75) is 13.0 Å². The maximum Gasteiger partial charge on any atom is 0.316 e. The zero-order valence-electron chi connectivity index (χ0n) is 6.56. The number of allylic oxidation sites excluding steroid dienone is 2. The van der Waals surface area contributed by atoms with Gasteiger partial charge in [-0.25, -0.2) is 0 Å². The number of carbonyl (C=O) groups is 1. The molecule has 0 saturated heterocycles. The van der Waals surface area contributed by atoms with Crippen molar-refractivity contribution in [3.05, 3.63) is 24.0 Å². The second-order valence-electron chi connectivity index (χ2n) is 2.94. The van der Waals surface area contributed by atoms with Gasteiger partial charge in [-0.15, -0.1) is 0 Å². The van der Waals surface area contributed by atoms with Crippen molar-refractivity contribution in [2.24, 2.45) is 5.41 Å². The van der Waals surface area contributed by atoms with Gasteiger partial charge in [0.1, 0.15) is 17.3 Å². The van der Waals surface area contributed by atoms with E-state index in [1.165, 1.54) is 25.2 Å². The Morgan fingerprint density at radius 1 is 1.67 bits per heavy atom. The highest BCUT2D eigenvalue weighted by Crippen LogP contribution is 2.30. The van der Waals surface area contributed by atoms with Gasteiger partial charge in [-0.2, -0.15) is 0 Å². The molecule has 1 aliphatic carbocycles. The molecule has 4 nitrogen and oxygen atoms in total. The number of aliphatic hydroxyl groups is 2. The Morgan fingerprint density at radius 2 is 2.25 bits per heavy atom. The van der Waals surface area contributed by atoms with Crippen molar-refractivity contribution >= 4 is 5.97 Å². The molecule has 0 amide bonds. The number of aliphatic carboxylic acids is 1. The average Bonchev–Trinajstić information content (AvgIpc) is 2.00. The molecule has 0 heterocycles. The van der Waals surface area contributed by atoms with Crippen molar-refractivity contribution in [3.63, 3.8) is 0 Å². The quantitative estimate of drug-likeness (QED) is 0.534. The van der Waals surface area contributed by atoms with Gasteiger partial charge >= 0.3 is 5.97 Å². The van der Waals surface area contributed by atoms with Crippen LogP contribution in [0, 0.1) is 5.41 Å². The summed E-state index contributed by atoms with van der Waals surface area (Å²) < 4.78 is 0. The van der Waals surface area contributed by atoms with Crippen LogP contribution in [0.5, 0.6) is 0 Å². The third kappa shape index (κ3) is 1.10. The Bertz CT molecular complexity index is 266. The highest BCUT2D eigenvalue weighted by Gasteiger charge is 2.41. The van der Waals surface area contributed by atoms with Crippen molar-refractivity contribution in [2.75, 3.05) is 0 Å². The lowest BCUT2D eigenvalue weighted by molar-refractivity contribution is -0.150. The second-order valence-corrected chi connectivity index (χ2v) is 2.94. The summed E-state index contributed by atoms with van der Waals surface area (Å²) >= 11 is 0. The lowest BCUT2D eigenvalue weighted by Gasteiger charge is -2.28. The number of hydrogen-bond donors (Lipinski definition) is 3. The predicted molar refractivity (Wildman–Crippen MR) is 41.6 cm³/mol. The van der Waals surface area contributed by atoms with Gasteiger partial charge in [0.25, 0.3) is 0 Å². The Labute approximate surface area is 69.5 Å². The maximum atomic E-state index is 10.7. The van der Waals surface area contributed by atoms with Gasteiger partial charge in [0, 0.05) is 0 Å². The van der Waals surface area contributed by atoms with E-state index in [1.807, 2.05) is 0 Å². The first-order chi connectivity index (χ1) is 5.48. The summed E-state index contributed by atoms with van der Waals surface area (Å²) in [5.41, 5.74) is -1.42. The van der Waals surface area contributed by atoms with Crippen LogP contribution in [-0.4, -0.2) is 27.4 Å². The van der Waals surface area contributed by atoms with Crippen LogP contribution in [-0.2, 0) is 4.79 Å². The molecule has 0 fully saturated rings. The fraction of sp³-hybridized carbons (Fsp3) is 0.375. The van der Waals surface area contributed by atoms with Crippen molar-refractivity contribution < 1.29 is 20.1 Å². The Kier molecular flexibility index (Phi) is 1.94. The molecular formula is C8H10O4. The first kappa shape index (κ1) is 8.80. The van der Waals surface area contributed by atoms with Crippen LogP contribution in [0.25, 0.3) is 0 Å². The Morgan fingerprint density at radius 3 is 2.67 bits per heavy atom. The van der Waals surface area contributed by atoms with Crippen LogP contribution < -0.4 is 0 Å². The van der Waals surface area contributed by atoms with Crippen molar-refractivity contribution in [3.8, 4) is 0 Å². The zero-order chi connectivity index (χ0) is 9.35. The second kappa shape index (κ2) is 2.64. The molecule has 0 aromatic carbocycles. The van der Waals surface area contributed by atoms with E-state index in [4.69, 9.17) is 10.2 Å². The third-order valence-corrected chi connectivity index (χ3v) is 2.02. The lowest BCUT2D eigenvalue weighted by atomic mass is 9.80. The van der Waals surface area contributed by atoms with E-state index in [1.54, 1.807) is 0 Å². The normalized spacial score (nSPS) is 34.5.